The molecule has 3 rings (SSSR count). The van der Waals surface area contributed by atoms with E-state index in [1.165, 1.54) is 30.8 Å². The summed E-state index contributed by atoms with van der Waals surface area (Å²) in [5.74, 6) is -0.812. The number of nitro groups is 1. The number of hydrazone groups is 1. The molecule has 0 atom stereocenters. The van der Waals surface area contributed by atoms with Gasteiger partial charge < -0.3 is 4.90 Å². The number of halogens is 1. The maximum atomic E-state index is 14.4. The highest BCUT2D eigenvalue weighted by molar-refractivity contribution is 5.84. The fourth-order valence-electron chi connectivity index (χ4n) is 3.22. The molecule has 8 heteroatoms. The number of rotatable bonds is 6. The number of anilines is 1. The molecule has 1 aliphatic heterocycles. The van der Waals surface area contributed by atoms with Gasteiger partial charge in [0.05, 0.1) is 23.2 Å². The maximum absolute atomic E-state index is 14.4. The smallest absolute Gasteiger partial charge is 0.273 e. The minimum absolute atomic E-state index is 0.114. The zero-order valence-electron chi connectivity index (χ0n) is 15.3. The summed E-state index contributed by atoms with van der Waals surface area (Å²) in [7, 11) is 0. The molecule has 0 aromatic heterocycles. The molecule has 1 N–H and O–H groups in total. The Morgan fingerprint density at radius 3 is 2.68 bits per heavy atom. The summed E-state index contributed by atoms with van der Waals surface area (Å²) >= 11 is 0. The van der Waals surface area contributed by atoms with Crippen LogP contribution < -0.4 is 10.3 Å². The topological polar surface area (TPSA) is 87.8 Å². The van der Waals surface area contributed by atoms with Crippen molar-refractivity contribution in [2.45, 2.75) is 25.7 Å². The number of nitrogens with zero attached hydrogens (tertiary/aromatic N) is 3. The Hall–Kier alpha value is -3.29. The van der Waals surface area contributed by atoms with Gasteiger partial charge in [0.1, 0.15) is 5.82 Å². The molecule has 0 radical (unpaired) electrons. The summed E-state index contributed by atoms with van der Waals surface area (Å²) in [5, 5.41) is 14.8. The van der Waals surface area contributed by atoms with E-state index in [1.54, 1.807) is 24.3 Å². The Bertz CT molecular complexity index is 895. The zero-order valence-corrected chi connectivity index (χ0v) is 15.3. The van der Waals surface area contributed by atoms with Crippen molar-refractivity contribution < 1.29 is 14.1 Å². The molecule has 1 fully saturated rings. The summed E-state index contributed by atoms with van der Waals surface area (Å²) in [6.07, 6.45) is 4.48. The summed E-state index contributed by atoms with van der Waals surface area (Å²) in [4.78, 5) is 24.5. The van der Waals surface area contributed by atoms with Crippen LogP contribution in [0, 0.1) is 15.9 Å². The van der Waals surface area contributed by atoms with E-state index < -0.39 is 10.8 Å². The van der Waals surface area contributed by atoms with Gasteiger partial charge in [-0.2, -0.15) is 5.10 Å². The molecule has 28 heavy (non-hydrogen) atoms. The van der Waals surface area contributed by atoms with Gasteiger partial charge in [-0.1, -0.05) is 24.3 Å². The van der Waals surface area contributed by atoms with Gasteiger partial charge in [0.2, 0.25) is 5.91 Å². The number of benzene rings is 2. The first kappa shape index (κ1) is 19.5. The molecule has 0 bridgehead atoms. The number of amides is 1. The van der Waals surface area contributed by atoms with Crippen molar-refractivity contribution >= 4 is 23.5 Å². The monoisotopic (exact) mass is 384 g/mol. The fourth-order valence-corrected chi connectivity index (χ4v) is 3.22. The number of hydrogen-bond acceptors (Lipinski definition) is 5. The second-order valence-electron chi connectivity index (χ2n) is 6.61. The first-order valence-electron chi connectivity index (χ1n) is 9.13. The number of nitrogens with one attached hydrogen (secondary N) is 1. The summed E-state index contributed by atoms with van der Waals surface area (Å²) in [6, 6.07) is 10.9. The average molecular weight is 384 g/mol. The van der Waals surface area contributed by atoms with Crippen LogP contribution in [0.25, 0.3) is 0 Å². The standard InChI is InChI=1S/C20H21FN4O3/c21-17-12-15(8-9-19(17)24-10-4-1-5-11-24)14-22-23-20(26)13-16-6-2-3-7-18(16)25(27)28/h2-3,6-9,12,14H,1,4-5,10-11,13H2,(H,23,26)/b22-14+. The summed E-state index contributed by atoms with van der Waals surface area (Å²) in [5.41, 5.74) is 3.61. The normalized spacial score (nSPS) is 14.2. The van der Waals surface area contributed by atoms with Crippen LogP contribution in [0.4, 0.5) is 15.8 Å². The number of nitro benzene ring substituents is 1. The molecule has 2 aromatic rings. The van der Waals surface area contributed by atoms with E-state index in [9.17, 15) is 19.3 Å². The van der Waals surface area contributed by atoms with E-state index in [0.717, 1.165) is 25.9 Å². The molecular weight excluding hydrogens is 363 g/mol. The molecule has 1 heterocycles. The summed E-state index contributed by atoms with van der Waals surface area (Å²) < 4.78 is 14.4. The maximum Gasteiger partial charge on any atom is 0.273 e. The lowest BCUT2D eigenvalue weighted by atomic mass is 10.1. The number of hydrogen-bond donors (Lipinski definition) is 1. The van der Waals surface area contributed by atoms with E-state index in [-0.39, 0.29) is 17.9 Å². The van der Waals surface area contributed by atoms with Crippen molar-refractivity contribution in [3.8, 4) is 0 Å². The Morgan fingerprint density at radius 2 is 1.96 bits per heavy atom. The molecule has 2 aromatic carbocycles. The molecule has 0 unspecified atom stereocenters. The number of carbonyl (C=O) groups excluding carboxylic acids is 1. The van der Waals surface area contributed by atoms with Crippen molar-refractivity contribution in [1.29, 1.82) is 0 Å². The van der Waals surface area contributed by atoms with Gasteiger partial charge in [-0.15, -0.1) is 0 Å². The quantitative estimate of drug-likeness (QED) is 0.470. The van der Waals surface area contributed by atoms with Gasteiger partial charge in [-0.25, -0.2) is 9.82 Å². The molecule has 0 saturated carbocycles. The Kier molecular flexibility index (Phi) is 6.31. The van der Waals surface area contributed by atoms with Crippen LogP contribution in [0.5, 0.6) is 0 Å². The zero-order chi connectivity index (χ0) is 19.9. The molecule has 1 aliphatic rings. The van der Waals surface area contributed by atoms with E-state index in [2.05, 4.69) is 10.5 Å². The third kappa shape index (κ3) is 4.91. The molecule has 0 spiro atoms. The first-order valence-corrected chi connectivity index (χ1v) is 9.13. The van der Waals surface area contributed by atoms with Gasteiger partial charge >= 0.3 is 0 Å². The Morgan fingerprint density at radius 1 is 1.21 bits per heavy atom. The lowest BCUT2D eigenvalue weighted by Crippen LogP contribution is -2.30. The first-order chi connectivity index (χ1) is 13.5. The third-order valence-corrected chi connectivity index (χ3v) is 4.61. The highest BCUT2D eigenvalue weighted by Gasteiger charge is 2.16. The SMILES string of the molecule is O=C(Cc1ccccc1[N+](=O)[O-])N/N=C/c1ccc(N2CCCCC2)c(F)c1. The molecule has 146 valence electrons. The van der Waals surface area contributed by atoms with E-state index >= 15 is 0 Å². The lowest BCUT2D eigenvalue weighted by Gasteiger charge is -2.29. The van der Waals surface area contributed by atoms with Crippen molar-refractivity contribution in [2.75, 3.05) is 18.0 Å². The van der Waals surface area contributed by atoms with E-state index in [4.69, 9.17) is 0 Å². The van der Waals surface area contributed by atoms with Crippen molar-refractivity contribution in [1.82, 2.24) is 5.43 Å². The predicted octanol–water partition coefficient (Wildman–Crippen LogP) is 3.42. The van der Waals surface area contributed by atoms with Gasteiger partial charge in [0, 0.05) is 24.7 Å². The fraction of sp³-hybridized carbons (Fsp3) is 0.300. The lowest BCUT2D eigenvalue weighted by molar-refractivity contribution is -0.385. The van der Waals surface area contributed by atoms with Crippen LogP contribution in [0.3, 0.4) is 0 Å². The molecule has 1 saturated heterocycles. The van der Waals surface area contributed by atoms with Crippen molar-refractivity contribution in [3.63, 3.8) is 0 Å². The minimum atomic E-state index is -0.529. The summed E-state index contributed by atoms with van der Waals surface area (Å²) in [6.45, 7) is 1.71. The Balaban J connectivity index is 1.59. The van der Waals surface area contributed by atoms with Crippen LogP contribution in [-0.4, -0.2) is 30.1 Å². The molecule has 1 amide bonds. The predicted molar refractivity (Wildman–Crippen MR) is 105 cm³/mol. The van der Waals surface area contributed by atoms with E-state index in [1.807, 2.05) is 4.90 Å². The van der Waals surface area contributed by atoms with Crippen LogP contribution in [-0.2, 0) is 11.2 Å². The largest absolute Gasteiger partial charge is 0.369 e. The van der Waals surface area contributed by atoms with Crippen LogP contribution in [0.1, 0.15) is 30.4 Å². The Labute approximate surface area is 162 Å². The number of carbonyl (C=O) groups is 1. The van der Waals surface area contributed by atoms with Crippen LogP contribution >= 0.6 is 0 Å². The molecular formula is C20H21FN4O3. The van der Waals surface area contributed by atoms with Crippen LogP contribution in [0.15, 0.2) is 47.6 Å². The number of piperidine rings is 1. The molecule has 7 nitrogen and oxygen atoms in total. The highest BCUT2D eigenvalue weighted by Crippen LogP contribution is 2.23. The number of para-hydroxylation sites is 1. The van der Waals surface area contributed by atoms with Crippen molar-refractivity contribution in [2.24, 2.45) is 5.10 Å². The van der Waals surface area contributed by atoms with Gasteiger partial charge in [0.15, 0.2) is 0 Å². The molecule has 0 aliphatic carbocycles. The highest BCUT2D eigenvalue weighted by atomic mass is 19.1. The van der Waals surface area contributed by atoms with Crippen molar-refractivity contribution in [3.05, 3.63) is 69.5 Å². The third-order valence-electron chi connectivity index (χ3n) is 4.61. The van der Waals surface area contributed by atoms with E-state index in [0.29, 0.717) is 16.8 Å². The average Bonchev–Trinajstić information content (AvgIpc) is 2.69. The van der Waals surface area contributed by atoms with Gasteiger partial charge in [0.25, 0.3) is 5.69 Å². The van der Waals surface area contributed by atoms with Crippen LogP contribution in [0.2, 0.25) is 0 Å². The van der Waals surface area contributed by atoms with Gasteiger partial charge in [-0.05, 0) is 37.0 Å². The second kappa shape index (κ2) is 9.07. The second-order valence-corrected chi connectivity index (χ2v) is 6.61. The van der Waals surface area contributed by atoms with Gasteiger partial charge in [-0.3, -0.25) is 14.9 Å². The minimum Gasteiger partial charge on any atom is -0.369 e.